The van der Waals surface area contributed by atoms with Crippen LogP contribution in [0.3, 0.4) is 0 Å². The molecule has 7 heteroatoms. The van der Waals surface area contributed by atoms with Crippen molar-refractivity contribution < 1.29 is 4.79 Å². The fourth-order valence-electron chi connectivity index (χ4n) is 3.60. The largest absolute Gasteiger partial charge is 0.399 e. The Labute approximate surface area is 190 Å². The molecule has 4 N–H and O–H groups in total. The summed E-state index contributed by atoms with van der Waals surface area (Å²) in [5.41, 5.74) is 11.6. The number of aromatic amines is 1. The zero-order chi connectivity index (χ0) is 22.1. The summed E-state index contributed by atoms with van der Waals surface area (Å²) in [5, 5.41) is 3.39. The Kier molecular flexibility index (Phi) is 5.90. The van der Waals surface area contributed by atoms with Gasteiger partial charge in [0.1, 0.15) is 5.82 Å². The number of hydrogen-bond donors (Lipinski definition) is 3. The van der Waals surface area contributed by atoms with Crippen LogP contribution in [0.4, 0.5) is 5.69 Å². The topological polar surface area (TPSA) is 83.8 Å². The number of carbonyl (C=O) groups excluding carboxylic acids is 1. The predicted molar refractivity (Wildman–Crippen MR) is 127 cm³/mol. The van der Waals surface area contributed by atoms with Crippen molar-refractivity contribution in [2.75, 3.05) is 12.3 Å². The van der Waals surface area contributed by atoms with Crippen LogP contribution in [0, 0.1) is 13.8 Å². The van der Waals surface area contributed by atoms with Crippen molar-refractivity contribution in [3.63, 3.8) is 0 Å². The highest BCUT2D eigenvalue weighted by Gasteiger charge is 2.22. The molecule has 0 aliphatic rings. The normalized spacial score (nSPS) is 12.1. The SMILES string of the molecule is Cc1cc2nc(C(CNC(=O)c3c(Cl)cc(N)cc3Cl)c3ccccc3)[nH]c2cc1C. The van der Waals surface area contributed by atoms with Crippen LogP contribution in [0.25, 0.3) is 11.0 Å². The minimum Gasteiger partial charge on any atom is -0.399 e. The van der Waals surface area contributed by atoms with Crippen LogP contribution in [-0.4, -0.2) is 22.4 Å². The monoisotopic (exact) mass is 452 g/mol. The van der Waals surface area contributed by atoms with E-state index in [0.717, 1.165) is 22.4 Å². The van der Waals surface area contributed by atoms with Gasteiger partial charge in [-0.2, -0.15) is 0 Å². The van der Waals surface area contributed by atoms with Gasteiger partial charge in [-0.1, -0.05) is 53.5 Å². The first kappa shape index (κ1) is 21.2. The van der Waals surface area contributed by atoms with E-state index in [1.807, 2.05) is 30.3 Å². The molecule has 4 rings (SSSR count). The Morgan fingerprint density at radius 3 is 2.39 bits per heavy atom. The number of imidazole rings is 1. The molecule has 158 valence electrons. The molecular formula is C24H22Cl2N4O. The number of H-pyrrole nitrogens is 1. The summed E-state index contributed by atoms with van der Waals surface area (Å²) in [6.07, 6.45) is 0. The van der Waals surface area contributed by atoms with Crippen LogP contribution in [0.5, 0.6) is 0 Å². The lowest BCUT2D eigenvalue weighted by atomic mass is 9.98. The number of rotatable bonds is 5. The van der Waals surface area contributed by atoms with Crippen molar-refractivity contribution in [1.29, 1.82) is 0 Å². The maximum absolute atomic E-state index is 12.9. The van der Waals surface area contributed by atoms with Crippen molar-refractivity contribution in [2.24, 2.45) is 0 Å². The third kappa shape index (κ3) is 4.38. The van der Waals surface area contributed by atoms with Crippen LogP contribution in [0.2, 0.25) is 10.0 Å². The molecule has 5 nitrogen and oxygen atoms in total. The van der Waals surface area contributed by atoms with Gasteiger partial charge >= 0.3 is 0 Å². The number of nitrogens with one attached hydrogen (secondary N) is 2. The molecule has 0 aliphatic carbocycles. The first-order chi connectivity index (χ1) is 14.8. The number of aryl methyl sites for hydroxylation is 2. The van der Waals surface area contributed by atoms with Gasteiger partial charge < -0.3 is 16.0 Å². The number of benzene rings is 3. The van der Waals surface area contributed by atoms with Crippen molar-refractivity contribution in [2.45, 2.75) is 19.8 Å². The molecule has 3 aromatic carbocycles. The van der Waals surface area contributed by atoms with E-state index < -0.39 is 0 Å². The van der Waals surface area contributed by atoms with E-state index in [-0.39, 0.29) is 27.4 Å². The maximum atomic E-state index is 12.9. The number of carbonyl (C=O) groups is 1. The van der Waals surface area contributed by atoms with E-state index >= 15 is 0 Å². The van der Waals surface area contributed by atoms with Gasteiger partial charge in [0, 0.05) is 12.2 Å². The minimum atomic E-state index is -0.362. The quantitative estimate of drug-likeness (QED) is 0.343. The van der Waals surface area contributed by atoms with Crippen molar-refractivity contribution in [3.05, 3.63) is 92.7 Å². The van der Waals surface area contributed by atoms with E-state index in [4.69, 9.17) is 33.9 Å². The summed E-state index contributed by atoms with van der Waals surface area (Å²) in [6, 6.07) is 17.1. The van der Waals surface area contributed by atoms with Gasteiger partial charge in [-0.15, -0.1) is 0 Å². The molecule has 1 heterocycles. The smallest absolute Gasteiger partial charge is 0.254 e. The van der Waals surface area contributed by atoms with Gasteiger partial charge in [0.2, 0.25) is 0 Å². The number of anilines is 1. The van der Waals surface area contributed by atoms with E-state index in [9.17, 15) is 4.79 Å². The number of hydrogen-bond acceptors (Lipinski definition) is 3. The third-order valence-electron chi connectivity index (χ3n) is 5.41. The van der Waals surface area contributed by atoms with Crippen molar-refractivity contribution in [3.8, 4) is 0 Å². The van der Waals surface area contributed by atoms with E-state index in [2.05, 4.69) is 36.3 Å². The van der Waals surface area contributed by atoms with Crippen LogP contribution in [0.1, 0.15) is 38.8 Å². The van der Waals surface area contributed by atoms with E-state index in [1.165, 1.54) is 23.3 Å². The summed E-state index contributed by atoms with van der Waals surface area (Å²) in [7, 11) is 0. The summed E-state index contributed by atoms with van der Waals surface area (Å²) in [6.45, 7) is 4.46. The molecule has 1 aromatic heterocycles. The zero-order valence-corrected chi connectivity index (χ0v) is 18.7. The molecule has 0 aliphatic heterocycles. The van der Waals surface area contributed by atoms with Crippen molar-refractivity contribution in [1.82, 2.24) is 15.3 Å². The average molecular weight is 453 g/mol. The molecule has 0 saturated heterocycles. The lowest BCUT2D eigenvalue weighted by Crippen LogP contribution is -2.29. The Balaban J connectivity index is 1.67. The lowest BCUT2D eigenvalue weighted by Gasteiger charge is -2.17. The second kappa shape index (κ2) is 8.61. The molecule has 0 bridgehead atoms. The molecule has 0 radical (unpaired) electrons. The zero-order valence-electron chi connectivity index (χ0n) is 17.2. The van der Waals surface area contributed by atoms with Gasteiger partial charge in [0.25, 0.3) is 5.91 Å². The highest BCUT2D eigenvalue weighted by Crippen LogP contribution is 2.29. The summed E-state index contributed by atoms with van der Waals surface area (Å²) >= 11 is 12.4. The number of nitrogens with two attached hydrogens (primary N) is 1. The van der Waals surface area contributed by atoms with Crippen molar-refractivity contribution >= 4 is 45.8 Å². The Morgan fingerprint density at radius 1 is 1.06 bits per heavy atom. The number of amides is 1. The van der Waals surface area contributed by atoms with Gasteiger partial charge in [0.05, 0.1) is 32.6 Å². The van der Waals surface area contributed by atoms with Crippen LogP contribution in [-0.2, 0) is 0 Å². The minimum absolute atomic E-state index is 0.176. The molecule has 31 heavy (non-hydrogen) atoms. The lowest BCUT2D eigenvalue weighted by molar-refractivity contribution is 0.0952. The highest BCUT2D eigenvalue weighted by molar-refractivity contribution is 6.40. The Morgan fingerprint density at radius 2 is 1.71 bits per heavy atom. The number of halogens is 2. The fraction of sp³-hybridized carbons (Fsp3) is 0.167. The summed E-state index contributed by atoms with van der Waals surface area (Å²) in [4.78, 5) is 21.1. The molecule has 0 spiro atoms. The maximum Gasteiger partial charge on any atom is 0.254 e. The number of nitrogen functional groups attached to an aromatic ring is 1. The summed E-state index contributed by atoms with van der Waals surface area (Å²) in [5.74, 6) is 0.240. The first-order valence-electron chi connectivity index (χ1n) is 9.88. The van der Waals surface area contributed by atoms with Crippen LogP contribution in [0.15, 0.2) is 54.6 Å². The average Bonchev–Trinajstić information content (AvgIpc) is 3.10. The molecule has 4 aromatic rings. The van der Waals surface area contributed by atoms with Gasteiger partial charge in [-0.25, -0.2) is 4.98 Å². The number of fused-ring (bicyclic) bond motifs is 1. The molecular weight excluding hydrogens is 431 g/mol. The molecule has 0 saturated carbocycles. The number of nitrogens with zero attached hydrogens (tertiary/aromatic N) is 1. The standard InChI is InChI=1S/C24H22Cl2N4O/c1-13-8-20-21(9-14(13)2)30-23(29-20)17(15-6-4-3-5-7-15)12-28-24(31)22-18(25)10-16(27)11-19(22)26/h3-11,17H,12,27H2,1-2H3,(H,28,31)(H,29,30). The van der Waals surface area contributed by atoms with Gasteiger partial charge in [-0.05, 0) is 54.8 Å². The predicted octanol–water partition coefficient (Wildman–Crippen LogP) is 5.63. The van der Waals surface area contributed by atoms with E-state index in [1.54, 1.807) is 0 Å². The van der Waals surface area contributed by atoms with Gasteiger partial charge in [-0.3, -0.25) is 4.79 Å². The molecule has 0 fully saturated rings. The first-order valence-corrected chi connectivity index (χ1v) is 10.6. The molecule has 1 unspecified atom stereocenters. The second-order valence-electron chi connectivity index (χ2n) is 7.61. The second-order valence-corrected chi connectivity index (χ2v) is 8.42. The van der Waals surface area contributed by atoms with Crippen LogP contribution >= 0.6 is 23.2 Å². The molecule has 1 amide bonds. The summed E-state index contributed by atoms with van der Waals surface area (Å²) < 4.78 is 0. The molecule has 1 atom stereocenters. The van der Waals surface area contributed by atoms with E-state index in [0.29, 0.717) is 12.2 Å². The van der Waals surface area contributed by atoms with Crippen LogP contribution < -0.4 is 11.1 Å². The Hall–Kier alpha value is -3.02. The Bertz CT molecular complexity index is 1210. The number of aromatic nitrogens is 2. The third-order valence-corrected chi connectivity index (χ3v) is 6.00. The van der Waals surface area contributed by atoms with Gasteiger partial charge in [0.15, 0.2) is 0 Å². The highest BCUT2D eigenvalue weighted by atomic mass is 35.5. The fourth-order valence-corrected chi connectivity index (χ4v) is 4.28.